The number of imidazole rings is 1. The average molecular weight is 346 g/mol. The van der Waals surface area contributed by atoms with Crippen LogP contribution in [0, 0.1) is 0 Å². The van der Waals surface area contributed by atoms with Gasteiger partial charge in [-0.05, 0) is 52.2 Å². The monoisotopic (exact) mass is 345 g/mol. The van der Waals surface area contributed by atoms with E-state index in [0.717, 1.165) is 28.0 Å². The summed E-state index contributed by atoms with van der Waals surface area (Å²) in [5, 5.41) is 0. The summed E-state index contributed by atoms with van der Waals surface area (Å²) in [5.41, 5.74) is 9.43. The molecular weight excluding hydrogens is 330 g/mol. The normalized spacial score (nSPS) is 12.5. The number of hydrogen-bond acceptors (Lipinski definition) is 3. The lowest BCUT2D eigenvalue weighted by atomic mass is 10.0. The zero-order chi connectivity index (χ0) is 14.8. The standard InChI is InChI=1S/C16H16BrN3O/c1-21-13-5-2-11(3-6-13)8-14(18)15-9-19-16-7-4-12(17)10-20(15)16/h2-7,9-10,14H,8,18H2,1H3. The van der Waals surface area contributed by atoms with Crippen molar-refractivity contribution in [3.05, 3.63) is 64.5 Å². The van der Waals surface area contributed by atoms with Crippen molar-refractivity contribution in [3.8, 4) is 5.75 Å². The molecule has 0 spiro atoms. The van der Waals surface area contributed by atoms with Crippen LogP contribution in [-0.4, -0.2) is 16.5 Å². The zero-order valence-corrected chi connectivity index (χ0v) is 13.2. The van der Waals surface area contributed by atoms with E-state index >= 15 is 0 Å². The Bertz CT molecular complexity index is 752. The summed E-state index contributed by atoms with van der Waals surface area (Å²) in [7, 11) is 1.66. The highest BCUT2D eigenvalue weighted by atomic mass is 79.9. The van der Waals surface area contributed by atoms with Crippen LogP contribution in [0.5, 0.6) is 5.75 Å². The molecule has 0 radical (unpaired) electrons. The molecule has 0 amide bonds. The van der Waals surface area contributed by atoms with E-state index in [0.29, 0.717) is 0 Å². The van der Waals surface area contributed by atoms with E-state index in [1.165, 1.54) is 5.56 Å². The second kappa shape index (κ2) is 5.87. The fourth-order valence-corrected chi connectivity index (χ4v) is 2.70. The van der Waals surface area contributed by atoms with Gasteiger partial charge in [0.25, 0.3) is 0 Å². The molecule has 21 heavy (non-hydrogen) atoms. The van der Waals surface area contributed by atoms with Crippen LogP contribution < -0.4 is 10.5 Å². The molecule has 0 aliphatic heterocycles. The summed E-state index contributed by atoms with van der Waals surface area (Å²) < 4.78 is 8.20. The molecule has 3 aromatic rings. The molecule has 1 unspecified atom stereocenters. The predicted molar refractivity (Wildman–Crippen MR) is 86.5 cm³/mol. The van der Waals surface area contributed by atoms with Gasteiger partial charge in [-0.15, -0.1) is 0 Å². The molecule has 0 aliphatic carbocycles. The SMILES string of the molecule is COc1ccc(CC(N)c2cnc3ccc(Br)cn23)cc1. The Labute approximate surface area is 131 Å². The fourth-order valence-electron chi connectivity index (χ4n) is 2.37. The van der Waals surface area contributed by atoms with Crippen LogP contribution in [0.2, 0.25) is 0 Å². The maximum Gasteiger partial charge on any atom is 0.137 e. The number of nitrogens with two attached hydrogens (primary N) is 1. The van der Waals surface area contributed by atoms with E-state index in [1.54, 1.807) is 7.11 Å². The minimum absolute atomic E-state index is 0.109. The lowest BCUT2D eigenvalue weighted by molar-refractivity contribution is 0.414. The van der Waals surface area contributed by atoms with Crippen LogP contribution in [0.3, 0.4) is 0 Å². The molecule has 1 atom stereocenters. The molecule has 0 bridgehead atoms. The number of fused-ring (bicyclic) bond motifs is 1. The number of benzene rings is 1. The first-order chi connectivity index (χ1) is 10.2. The molecule has 0 saturated heterocycles. The van der Waals surface area contributed by atoms with Gasteiger partial charge in [0.05, 0.1) is 25.0 Å². The van der Waals surface area contributed by atoms with Crippen LogP contribution in [0.15, 0.2) is 53.3 Å². The lowest BCUT2D eigenvalue weighted by Crippen LogP contribution is -2.15. The first-order valence-electron chi connectivity index (χ1n) is 6.68. The van der Waals surface area contributed by atoms with Crippen molar-refractivity contribution < 1.29 is 4.74 Å². The summed E-state index contributed by atoms with van der Waals surface area (Å²) in [6, 6.07) is 11.8. The van der Waals surface area contributed by atoms with Gasteiger partial charge in [-0.3, -0.25) is 0 Å². The van der Waals surface area contributed by atoms with E-state index in [-0.39, 0.29) is 6.04 Å². The van der Waals surface area contributed by atoms with Crippen molar-refractivity contribution in [2.24, 2.45) is 5.73 Å². The zero-order valence-electron chi connectivity index (χ0n) is 11.7. The van der Waals surface area contributed by atoms with Crippen molar-refractivity contribution in [1.82, 2.24) is 9.38 Å². The lowest BCUT2D eigenvalue weighted by Gasteiger charge is -2.12. The van der Waals surface area contributed by atoms with Gasteiger partial charge in [0, 0.05) is 10.7 Å². The Morgan fingerprint density at radius 2 is 2.00 bits per heavy atom. The minimum atomic E-state index is -0.109. The Kier molecular flexibility index (Phi) is 3.94. The molecule has 2 N–H and O–H groups in total. The maximum atomic E-state index is 6.35. The first kappa shape index (κ1) is 14.1. The predicted octanol–water partition coefficient (Wildman–Crippen LogP) is 3.35. The van der Waals surface area contributed by atoms with Gasteiger partial charge in [-0.2, -0.15) is 0 Å². The number of rotatable bonds is 4. The smallest absolute Gasteiger partial charge is 0.137 e. The van der Waals surface area contributed by atoms with Crippen LogP contribution in [0.4, 0.5) is 0 Å². The third-order valence-corrected chi connectivity index (χ3v) is 3.96. The molecule has 0 fully saturated rings. The van der Waals surface area contributed by atoms with E-state index < -0.39 is 0 Å². The van der Waals surface area contributed by atoms with E-state index in [2.05, 4.69) is 20.9 Å². The Balaban J connectivity index is 1.85. The van der Waals surface area contributed by atoms with Crippen molar-refractivity contribution in [3.63, 3.8) is 0 Å². The van der Waals surface area contributed by atoms with Crippen LogP contribution >= 0.6 is 15.9 Å². The van der Waals surface area contributed by atoms with E-state index in [4.69, 9.17) is 10.5 Å². The maximum absolute atomic E-state index is 6.35. The highest BCUT2D eigenvalue weighted by molar-refractivity contribution is 9.10. The van der Waals surface area contributed by atoms with E-state index in [9.17, 15) is 0 Å². The number of halogens is 1. The van der Waals surface area contributed by atoms with Gasteiger partial charge in [0.15, 0.2) is 0 Å². The second-order valence-electron chi connectivity index (χ2n) is 4.92. The number of ether oxygens (including phenoxy) is 1. The molecule has 0 aliphatic rings. The summed E-state index contributed by atoms with van der Waals surface area (Å²) >= 11 is 3.48. The number of hydrogen-bond donors (Lipinski definition) is 1. The topological polar surface area (TPSA) is 52.5 Å². The molecular formula is C16H16BrN3O. The first-order valence-corrected chi connectivity index (χ1v) is 7.47. The van der Waals surface area contributed by atoms with Gasteiger partial charge in [0.2, 0.25) is 0 Å². The largest absolute Gasteiger partial charge is 0.497 e. The molecule has 0 saturated carbocycles. The van der Waals surface area contributed by atoms with Crippen LogP contribution in [0.25, 0.3) is 5.65 Å². The fraction of sp³-hybridized carbons (Fsp3) is 0.188. The number of aromatic nitrogens is 2. The van der Waals surface area contributed by atoms with Gasteiger partial charge >= 0.3 is 0 Å². The summed E-state index contributed by atoms with van der Waals surface area (Å²) in [6.07, 6.45) is 4.59. The number of pyridine rings is 1. The van der Waals surface area contributed by atoms with Gasteiger partial charge < -0.3 is 14.9 Å². The molecule has 2 aromatic heterocycles. The van der Waals surface area contributed by atoms with Crippen LogP contribution in [-0.2, 0) is 6.42 Å². The summed E-state index contributed by atoms with van der Waals surface area (Å²) in [6.45, 7) is 0. The Morgan fingerprint density at radius 1 is 1.24 bits per heavy atom. The van der Waals surface area contributed by atoms with Crippen molar-refractivity contribution >= 4 is 21.6 Å². The highest BCUT2D eigenvalue weighted by Gasteiger charge is 2.13. The molecule has 2 heterocycles. The van der Waals surface area contributed by atoms with Crippen LogP contribution in [0.1, 0.15) is 17.3 Å². The minimum Gasteiger partial charge on any atom is -0.497 e. The second-order valence-corrected chi connectivity index (χ2v) is 5.83. The molecule has 5 heteroatoms. The average Bonchev–Trinajstić information content (AvgIpc) is 2.91. The third kappa shape index (κ3) is 2.94. The molecule has 4 nitrogen and oxygen atoms in total. The van der Waals surface area contributed by atoms with Gasteiger partial charge in [-0.1, -0.05) is 12.1 Å². The summed E-state index contributed by atoms with van der Waals surface area (Å²) in [4.78, 5) is 4.39. The molecule has 3 rings (SSSR count). The van der Waals surface area contributed by atoms with Crippen molar-refractivity contribution in [2.45, 2.75) is 12.5 Å². The highest BCUT2D eigenvalue weighted by Crippen LogP contribution is 2.21. The van der Waals surface area contributed by atoms with Gasteiger partial charge in [0.1, 0.15) is 11.4 Å². The van der Waals surface area contributed by atoms with Crippen molar-refractivity contribution in [1.29, 1.82) is 0 Å². The van der Waals surface area contributed by atoms with E-state index in [1.807, 2.05) is 53.2 Å². The number of nitrogens with zero attached hydrogens (tertiary/aromatic N) is 2. The number of methoxy groups -OCH3 is 1. The molecule has 1 aromatic carbocycles. The Hall–Kier alpha value is -1.85. The third-order valence-electron chi connectivity index (χ3n) is 3.49. The van der Waals surface area contributed by atoms with Crippen molar-refractivity contribution in [2.75, 3.05) is 7.11 Å². The Morgan fingerprint density at radius 3 is 2.71 bits per heavy atom. The quantitative estimate of drug-likeness (QED) is 0.788. The van der Waals surface area contributed by atoms with Gasteiger partial charge in [-0.25, -0.2) is 4.98 Å². The summed E-state index contributed by atoms with van der Waals surface area (Å²) in [5.74, 6) is 0.853. The molecule has 108 valence electrons.